The highest BCUT2D eigenvalue weighted by Gasteiger charge is 2.21. The topological polar surface area (TPSA) is 103 Å². The van der Waals surface area contributed by atoms with Gasteiger partial charge in [-0.1, -0.05) is 12.1 Å². The van der Waals surface area contributed by atoms with E-state index in [2.05, 4.69) is 25.3 Å². The van der Waals surface area contributed by atoms with Gasteiger partial charge in [-0.25, -0.2) is 14.1 Å². The van der Waals surface area contributed by atoms with Crippen molar-refractivity contribution in [2.45, 2.75) is 13.3 Å². The van der Waals surface area contributed by atoms with Gasteiger partial charge in [-0.15, -0.1) is 10.2 Å². The molecule has 0 aliphatic carbocycles. The average Bonchev–Trinajstić information content (AvgIpc) is 3.39. The summed E-state index contributed by atoms with van der Waals surface area (Å²) in [7, 11) is 0. The van der Waals surface area contributed by atoms with E-state index in [4.69, 9.17) is 4.42 Å². The molecule has 0 aliphatic heterocycles. The number of hydrogen-bond donors (Lipinski definition) is 1. The van der Waals surface area contributed by atoms with Crippen LogP contribution in [0.4, 0.5) is 4.39 Å². The minimum Gasteiger partial charge on any atom is -0.504 e. The summed E-state index contributed by atoms with van der Waals surface area (Å²) >= 11 is 0. The lowest BCUT2D eigenvalue weighted by Crippen LogP contribution is -2.02. The first-order valence-corrected chi connectivity index (χ1v) is 9.16. The number of rotatable bonds is 4. The summed E-state index contributed by atoms with van der Waals surface area (Å²) in [6, 6.07) is 11.4. The third kappa shape index (κ3) is 3.16. The van der Waals surface area contributed by atoms with Gasteiger partial charge < -0.3 is 9.52 Å². The fourth-order valence-corrected chi connectivity index (χ4v) is 3.16. The Labute approximate surface area is 169 Å². The minimum absolute atomic E-state index is 0.0577. The lowest BCUT2D eigenvalue weighted by molar-refractivity contribution is 0.470. The minimum atomic E-state index is -0.316. The fourth-order valence-electron chi connectivity index (χ4n) is 3.16. The van der Waals surface area contributed by atoms with E-state index in [0.29, 0.717) is 29.0 Å². The predicted octanol–water partition coefficient (Wildman–Crippen LogP) is 3.61. The number of aromatic hydroxyl groups is 1. The maximum atomic E-state index is 13.1. The van der Waals surface area contributed by atoms with E-state index in [1.54, 1.807) is 41.3 Å². The largest absolute Gasteiger partial charge is 0.504 e. The molecule has 0 unspecified atom stereocenters. The predicted molar refractivity (Wildman–Crippen MR) is 106 cm³/mol. The van der Waals surface area contributed by atoms with Crippen LogP contribution in [-0.2, 0) is 6.42 Å². The number of aromatic nitrogens is 6. The first-order chi connectivity index (χ1) is 14.6. The molecule has 8 nitrogen and oxygen atoms in total. The van der Waals surface area contributed by atoms with E-state index in [-0.39, 0.29) is 23.2 Å². The van der Waals surface area contributed by atoms with Crippen molar-refractivity contribution in [3.05, 3.63) is 77.8 Å². The Bertz CT molecular complexity index is 1360. The standard InChI is InChI=1S/C21H15FN6O2/c1-12-8-10-28(27-12)20-15-3-2-9-23-17(15)19(29)18(24-20)21-26-25-16(30-21)11-13-4-6-14(22)7-5-13/h2-10,29H,11H2,1H3. The molecule has 0 saturated carbocycles. The third-order valence-electron chi connectivity index (χ3n) is 4.59. The molecular formula is C21H15FN6O2. The van der Waals surface area contributed by atoms with E-state index in [0.717, 1.165) is 11.3 Å². The van der Waals surface area contributed by atoms with Crippen LogP contribution in [0.2, 0.25) is 0 Å². The molecule has 30 heavy (non-hydrogen) atoms. The molecule has 0 aliphatic rings. The lowest BCUT2D eigenvalue weighted by Gasteiger charge is -2.09. The first-order valence-electron chi connectivity index (χ1n) is 9.16. The van der Waals surface area contributed by atoms with Crippen LogP contribution in [0.1, 0.15) is 17.1 Å². The van der Waals surface area contributed by atoms with Crippen LogP contribution in [0.3, 0.4) is 0 Å². The van der Waals surface area contributed by atoms with Gasteiger partial charge >= 0.3 is 0 Å². The van der Waals surface area contributed by atoms with Crippen LogP contribution >= 0.6 is 0 Å². The molecular weight excluding hydrogens is 387 g/mol. The lowest BCUT2D eigenvalue weighted by atomic mass is 10.1. The number of hydrogen-bond acceptors (Lipinski definition) is 7. The van der Waals surface area contributed by atoms with Gasteiger partial charge in [0.1, 0.15) is 11.3 Å². The Hall–Kier alpha value is -4.14. The summed E-state index contributed by atoms with van der Waals surface area (Å²) < 4.78 is 20.4. The summed E-state index contributed by atoms with van der Waals surface area (Å²) in [6.45, 7) is 1.87. The van der Waals surface area contributed by atoms with Gasteiger partial charge in [0.15, 0.2) is 17.3 Å². The highest BCUT2D eigenvalue weighted by Crippen LogP contribution is 2.35. The van der Waals surface area contributed by atoms with Gasteiger partial charge in [-0.05, 0) is 42.8 Å². The smallest absolute Gasteiger partial charge is 0.270 e. The number of pyridine rings is 2. The second-order valence-electron chi connectivity index (χ2n) is 6.74. The molecule has 4 aromatic heterocycles. The zero-order valence-corrected chi connectivity index (χ0v) is 15.8. The van der Waals surface area contributed by atoms with Crippen LogP contribution in [0.25, 0.3) is 28.3 Å². The molecule has 9 heteroatoms. The molecule has 0 atom stereocenters. The Kier molecular flexibility index (Phi) is 4.20. The highest BCUT2D eigenvalue weighted by atomic mass is 19.1. The van der Waals surface area contributed by atoms with Crippen molar-refractivity contribution < 1.29 is 13.9 Å². The van der Waals surface area contributed by atoms with E-state index in [9.17, 15) is 9.50 Å². The molecule has 5 rings (SSSR count). The molecule has 0 amide bonds. The molecule has 4 heterocycles. The number of halogens is 1. The molecule has 0 fully saturated rings. The Morgan fingerprint density at radius 1 is 1.10 bits per heavy atom. The summed E-state index contributed by atoms with van der Waals surface area (Å²) in [6.07, 6.45) is 3.68. The average molecular weight is 402 g/mol. The van der Waals surface area contributed by atoms with Crippen molar-refractivity contribution in [3.8, 4) is 23.2 Å². The molecule has 0 saturated heterocycles. The van der Waals surface area contributed by atoms with Crippen molar-refractivity contribution in [1.29, 1.82) is 0 Å². The van der Waals surface area contributed by atoms with Gasteiger partial charge in [0.25, 0.3) is 5.89 Å². The van der Waals surface area contributed by atoms with Crippen LogP contribution in [0.5, 0.6) is 5.75 Å². The number of fused-ring (bicyclic) bond motifs is 1. The summed E-state index contributed by atoms with van der Waals surface area (Å²) in [5, 5.41) is 23.9. The Morgan fingerprint density at radius 2 is 1.93 bits per heavy atom. The van der Waals surface area contributed by atoms with Crippen molar-refractivity contribution in [2.75, 3.05) is 0 Å². The first kappa shape index (κ1) is 17.9. The van der Waals surface area contributed by atoms with Crippen molar-refractivity contribution >= 4 is 10.9 Å². The maximum absolute atomic E-state index is 13.1. The maximum Gasteiger partial charge on any atom is 0.270 e. The second kappa shape index (κ2) is 7.03. The fraction of sp³-hybridized carbons (Fsp3) is 0.0952. The van der Waals surface area contributed by atoms with Gasteiger partial charge in [0.2, 0.25) is 5.89 Å². The normalized spacial score (nSPS) is 11.3. The molecule has 5 aromatic rings. The van der Waals surface area contributed by atoms with Gasteiger partial charge in [-0.3, -0.25) is 4.98 Å². The third-order valence-corrected chi connectivity index (χ3v) is 4.59. The van der Waals surface area contributed by atoms with Crippen molar-refractivity contribution in [1.82, 2.24) is 29.9 Å². The molecule has 1 N–H and O–H groups in total. The van der Waals surface area contributed by atoms with E-state index < -0.39 is 0 Å². The van der Waals surface area contributed by atoms with Crippen LogP contribution in [0.15, 0.2) is 59.3 Å². The molecule has 0 bridgehead atoms. The zero-order chi connectivity index (χ0) is 20.7. The number of benzene rings is 1. The van der Waals surface area contributed by atoms with Crippen molar-refractivity contribution in [2.24, 2.45) is 0 Å². The Morgan fingerprint density at radius 3 is 2.70 bits per heavy atom. The van der Waals surface area contributed by atoms with Gasteiger partial charge in [0.05, 0.1) is 12.1 Å². The molecule has 1 aromatic carbocycles. The Balaban J connectivity index is 1.60. The highest BCUT2D eigenvalue weighted by molar-refractivity contribution is 5.93. The zero-order valence-electron chi connectivity index (χ0n) is 15.8. The van der Waals surface area contributed by atoms with Crippen molar-refractivity contribution in [3.63, 3.8) is 0 Å². The summed E-state index contributed by atoms with van der Waals surface area (Å²) in [4.78, 5) is 8.84. The molecule has 0 radical (unpaired) electrons. The number of aryl methyl sites for hydroxylation is 1. The molecule has 0 spiro atoms. The van der Waals surface area contributed by atoms with Gasteiger partial charge in [-0.2, -0.15) is 5.10 Å². The van der Waals surface area contributed by atoms with Crippen LogP contribution in [-0.4, -0.2) is 35.1 Å². The van der Waals surface area contributed by atoms with E-state index >= 15 is 0 Å². The van der Waals surface area contributed by atoms with Gasteiger partial charge in [0, 0.05) is 17.8 Å². The molecule has 148 valence electrons. The van der Waals surface area contributed by atoms with Crippen LogP contribution < -0.4 is 0 Å². The summed E-state index contributed by atoms with van der Waals surface area (Å²) in [5.41, 5.74) is 2.10. The SMILES string of the molecule is Cc1ccn(-c2nc(-c3nnc(Cc4ccc(F)cc4)o3)c(O)c3ncccc23)n1. The van der Waals surface area contributed by atoms with Crippen LogP contribution in [0, 0.1) is 12.7 Å². The van der Waals surface area contributed by atoms with E-state index in [1.165, 1.54) is 12.1 Å². The number of nitrogens with zero attached hydrogens (tertiary/aromatic N) is 6. The monoisotopic (exact) mass is 402 g/mol. The van der Waals surface area contributed by atoms with E-state index in [1.807, 2.05) is 13.0 Å². The second-order valence-corrected chi connectivity index (χ2v) is 6.74. The summed E-state index contributed by atoms with van der Waals surface area (Å²) in [5.74, 6) is 0.384. The quantitative estimate of drug-likeness (QED) is 0.490.